The summed E-state index contributed by atoms with van der Waals surface area (Å²) in [5, 5.41) is 7.63. The second kappa shape index (κ2) is 6.91. The SMILES string of the molecule is CCCNC(C)c1nc(C2CCC(C(C)(C)C)CC2)no1. The van der Waals surface area contributed by atoms with Crippen molar-refractivity contribution in [2.24, 2.45) is 11.3 Å². The Morgan fingerprint density at radius 2 is 1.90 bits per heavy atom. The number of nitrogens with zero attached hydrogens (tertiary/aromatic N) is 2. The van der Waals surface area contributed by atoms with Crippen molar-refractivity contribution in [2.45, 2.75) is 78.7 Å². The van der Waals surface area contributed by atoms with Crippen molar-refractivity contribution in [2.75, 3.05) is 6.54 Å². The predicted molar refractivity (Wildman–Crippen MR) is 85.2 cm³/mol. The molecule has 2 rings (SSSR count). The minimum absolute atomic E-state index is 0.150. The second-order valence-corrected chi connectivity index (χ2v) is 7.58. The molecule has 1 aromatic heterocycles. The van der Waals surface area contributed by atoms with Crippen molar-refractivity contribution in [3.63, 3.8) is 0 Å². The van der Waals surface area contributed by atoms with Crippen LogP contribution in [0.1, 0.15) is 90.4 Å². The summed E-state index contributed by atoms with van der Waals surface area (Å²) in [7, 11) is 0. The molecule has 0 saturated heterocycles. The molecular weight excluding hydrogens is 262 g/mol. The number of rotatable bonds is 5. The first kappa shape index (κ1) is 16.5. The average molecular weight is 293 g/mol. The zero-order valence-corrected chi connectivity index (χ0v) is 14.3. The van der Waals surface area contributed by atoms with E-state index in [1.165, 1.54) is 25.7 Å². The third kappa shape index (κ3) is 4.29. The standard InChI is InChI=1S/C17H31N3O/c1-6-11-18-12(2)16-19-15(20-21-16)13-7-9-14(10-8-13)17(3,4)5/h12-14,18H,6-11H2,1-5H3. The number of hydrogen-bond donors (Lipinski definition) is 1. The molecule has 1 N–H and O–H groups in total. The molecule has 120 valence electrons. The Kier molecular flexibility index (Phi) is 5.42. The van der Waals surface area contributed by atoms with Gasteiger partial charge in [0, 0.05) is 5.92 Å². The molecule has 4 nitrogen and oxygen atoms in total. The first-order chi connectivity index (χ1) is 9.91. The van der Waals surface area contributed by atoms with Crippen LogP contribution in [0.4, 0.5) is 0 Å². The Hall–Kier alpha value is -0.900. The number of nitrogens with one attached hydrogen (secondary N) is 1. The maximum absolute atomic E-state index is 5.45. The first-order valence-electron chi connectivity index (χ1n) is 8.48. The highest BCUT2D eigenvalue weighted by Crippen LogP contribution is 2.42. The van der Waals surface area contributed by atoms with E-state index in [0.29, 0.717) is 11.3 Å². The summed E-state index contributed by atoms with van der Waals surface area (Å²) in [6, 6.07) is 0.150. The van der Waals surface area contributed by atoms with Crippen LogP contribution in [0.2, 0.25) is 0 Å². The number of aromatic nitrogens is 2. The van der Waals surface area contributed by atoms with Crippen LogP contribution in [0.15, 0.2) is 4.52 Å². The van der Waals surface area contributed by atoms with Gasteiger partial charge in [0.05, 0.1) is 6.04 Å². The molecule has 0 radical (unpaired) electrons. The van der Waals surface area contributed by atoms with Gasteiger partial charge in [-0.15, -0.1) is 0 Å². The Morgan fingerprint density at radius 3 is 2.48 bits per heavy atom. The maximum atomic E-state index is 5.45. The van der Waals surface area contributed by atoms with Gasteiger partial charge in [0.2, 0.25) is 5.89 Å². The molecule has 1 fully saturated rings. The summed E-state index contributed by atoms with van der Waals surface area (Å²) >= 11 is 0. The van der Waals surface area contributed by atoms with Gasteiger partial charge in [-0.2, -0.15) is 4.98 Å². The van der Waals surface area contributed by atoms with Gasteiger partial charge >= 0.3 is 0 Å². The fourth-order valence-electron chi connectivity index (χ4n) is 3.25. The molecule has 1 atom stereocenters. The third-order valence-corrected chi connectivity index (χ3v) is 4.85. The molecule has 21 heavy (non-hydrogen) atoms. The van der Waals surface area contributed by atoms with Crippen LogP contribution in [0.25, 0.3) is 0 Å². The summed E-state index contributed by atoms with van der Waals surface area (Å²) < 4.78 is 5.45. The van der Waals surface area contributed by atoms with E-state index in [2.05, 4.69) is 50.1 Å². The molecule has 0 aromatic carbocycles. The van der Waals surface area contributed by atoms with E-state index in [1.807, 2.05) is 0 Å². The first-order valence-corrected chi connectivity index (χ1v) is 8.48. The third-order valence-electron chi connectivity index (χ3n) is 4.85. The molecule has 1 unspecified atom stereocenters. The van der Waals surface area contributed by atoms with Crippen LogP contribution in [-0.2, 0) is 0 Å². The summed E-state index contributed by atoms with van der Waals surface area (Å²) in [6.45, 7) is 12.3. The van der Waals surface area contributed by atoms with Crippen LogP contribution in [0, 0.1) is 11.3 Å². The van der Waals surface area contributed by atoms with Gasteiger partial charge in [-0.3, -0.25) is 0 Å². The molecule has 1 heterocycles. The van der Waals surface area contributed by atoms with Gasteiger partial charge in [0.25, 0.3) is 0 Å². The topological polar surface area (TPSA) is 51.0 Å². The quantitative estimate of drug-likeness (QED) is 0.871. The summed E-state index contributed by atoms with van der Waals surface area (Å²) in [5.74, 6) is 2.96. The minimum atomic E-state index is 0.150. The van der Waals surface area contributed by atoms with Crippen molar-refractivity contribution < 1.29 is 4.52 Å². The van der Waals surface area contributed by atoms with E-state index in [1.54, 1.807) is 0 Å². The van der Waals surface area contributed by atoms with Gasteiger partial charge in [-0.05, 0) is 56.9 Å². The lowest BCUT2D eigenvalue weighted by Crippen LogP contribution is -2.25. The highest BCUT2D eigenvalue weighted by Gasteiger charge is 2.32. The van der Waals surface area contributed by atoms with Crippen LogP contribution in [0.3, 0.4) is 0 Å². The van der Waals surface area contributed by atoms with Gasteiger partial charge in [-0.1, -0.05) is 32.9 Å². The monoisotopic (exact) mass is 293 g/mol. The molecular formula is C17H31N3O. The molecule has 0 spiro atoms. The van der Waals surface area contributed by atoms with Gasteiger partial charge < -0.3 is 9.84 Å². The van der Waals surface area contributed by atoms with Crippen LogP contribution >= 0.6 is 0 Å². The average Bonchev–Trinajstić information content (AvgIpc) is 2.94. The fraction of sp³-hybridized carbons (Fsp3) is 0.882. The van der Waals surface area contributed by atoms with E-state index in [9.17, 15) is 0 Å². The van der Waals surface area contributed by atoms with Gasteiger partial charge in [0.15, 0.2) is 5.82 Å². The lowest BCUT2D eigenvalue weighted by atomic mass is 9.70. The summed E-state index contributed by atoms with van der Waals surface area (Å²) in [4.78, 5) is 4.63. The highest BCUT2D eigenvalue weighted by molar-refractivity contribution is 5.00. The Bertz CT molecular complexity index is 427. The fourth-order valence-corrected chi connectivity index (χ4v) is 3.25. The molecule has 1 aliphatic rings. The van der Waals surface area contributed by atoms with E-state index in [-0.39, 0.29) is 6.04 Å². The van der Waals surface area contributed by atoms with Crippen molar-refractivity contribution in [3.05, 3.63) is 11.7 Å². The van der Waals surface area contributed by atoms with Crippen molar-refractivity contribution in [1.29, 1.82) is 0 Å². The lowest BCUT2D eigenvalue weighted by Gasteiger charge is -2.36. The zero-order valence-electron chi connectivity index (χ0n) is 14.3. The smallest absolute Gasteiger partial charge is 0.243 e. The largest absolute Gasteiger partial charge is 0.338 e. The zero-order chi connectivity index (χ0) is 15.5. The maximum Gasteiger partial charge on any atom is 0.243 e. The molecule has 1 aromatic rings. The van der Waals surface area contributed by atoms with Gasteiger partial charge in [-0.25, -0.2) is 0 Å². The Balaban J connectivity index is 1.91. The van der Waals surface area contributed by atoms with Crippen LogP contribution in [-0.4, -0.2) is 16.7 Å². The molecule has 0 bridgehead atoms. The summed E-state index contributed by atoms with van der Waals surface area (Å²) in [6.07, 6.45) is 6.06. The van der Waals surface area contributed by atoms with Crippen molar-refractivity contribution in [3.8, 4) is 0 Å². The number of hydrogen-bond acceptors (Lipinski definition) is 4. The van der Waals surface area contributed by atoms with E-state index >= 15 is 0 Å². The van der Waals surface area contributed by atoms with Crippen molar-refractivity contribution in [1.82, 2.24) is 15.5 Å². The molecule has 1 aliphatic carbocycles. The van der Waals surface area contributed by atoms with Gasteiger partial charge in [0.1, 0.15) is 0 Å². The molecule has 0 amide bonds. The molecule has 1 saturated carbocycles. The lowest BCUT2D eigenvalue weighted by molar-refractivity contribution is 0.166. The van der Waals surface area contributed by atoms with E-state index in [0.717, 1.165) is 30.6 Å². The predicted octanol–water partition coefficient (Wildman–Crippen LogP) is 4.45. The van der Waals surface area contributed by atoms with E-state index in [4.69, 9.17) is 4.52 Å². The molecule has 0 aliphatic heterocycles. The van der Waals surface area contributed by atoms with Crippen molar-refractivity contribution >= 4 is 0 Å². The highest BCUT2D eigenvalue weighted by atomic mass is 16.5. The Morgan fingerprint density at radius 1 is 1.24 bits per heavy atom. The second-order valence-electron chi connectivity index (χ2n) is 7.58. The van der Waals surface area contributed by atoms with E-state index < -0.39 is 0 Å². The molecule has 4 heteroatoms. The normalized spacial score (nSPS) is 25.0. The Labute approximate surface area is 129 Å². The van der Waals surface area contributed by atoms with Crippen LogP contribution < -0.4 is 5.32 Å². The summed E-state index contributed by atoms with van der Waals surface area (Å²) in [5.41, 5.74) is 0.423. The van der Waals surface area contributed by atoms with Crippen LogP contribution in [0.5, 0.6) is 0 Å². The minimum Gasteiger partial charge on any atom is -0.338 e.